The van der Waals surface area contributed by atoms with Crippen molar-refractivity contribution in [1.82, 2.24) is 5.32 Å². The Morgan fingerprint density at radius 1 is 1.05 bits per heavy atom. The van der Waals surface area contributed by atoms with Crippen LogP contribution in [0.3, 0.4) is 0 Å². The predicted octanol–water partition coefficient (Wildman–Crippen LogP) is 5.12. The van der Waals surface area contributed by atoms with Crippen molar-refractivity contribution in [2.24, 2.45) is 0 Å². The lowest BCUT2D eigenvalue weighted by molar-refractivity contribution is 0.561. The van der Waals surface area contributed by atoms with E-state index in [9.17, 15) is 8.78 Å². The zero-order valence-electron chi connectivity index (χ0n) is 11.0. The maximum atomic E-state index is 13.5. The summed E-state index contributed by atoms with van der Waals surface area (Å²) >= 11 is 7.96. The fourth-order valence-corrected chi connectivity index (χ4v) is 3.62. The normalized spacial score (nSPS) is 11.2. The Morgan fingerprint density at radius 2 is 1.86 bits per heavy atom. The molecule has 0 radical (unpaired) electrons. The lowest BCUT2D eigenvalue weighted by atomic mass is 10.2. The van der Waals surface area contributed by atoms with Gasteiger partial charge in [0, 0.05) is 39.7 Å². The van der Waals surface area contributed by atoms with E-state index in [0.29, 0.717) is 18.7 Å². The highest BCUT2D eigenvalue weighted by molar-refractivity contribution is 7.19. The minimum Gasteiger partial charge on any atom is -0.308 e. The zero-order valence-corrected chi connectivity index (χ0v) is 12.6. The maximum absolute atomic E-state index is 13.5. The van der Waals surface area contributed by atoms with Crippen molar-refractivity contribution < 1.29 is 8.78 Å². The number of hydrogen-bond donors (Lipinski definition) is 1. The molecule has 0 aliphatic rings. The van der Waals surface area contributed by atoms with Crippen molar-refractivity contribution in [3.8, 4) is 0 Å². The van der Waals surface area contributed by atoms with Gasteiger partial charge < -0.3 is 5.32 Å². The third-order valence-corrected chi connectivity index (χ3v) is 4.93. The molecule has 0 saturated carbocycles. The highest BCUT2D eigenvalue weighted by Gasteiger charge is 2.10. The third kappa shape index (κ3) is 3.07. The molecule has 0 aliphatic heterocycles. The van der Waals surface area contributed by atoms with Gasteiger partial charge in [-0.2, -0.15) is 0 Å². The molecule has 3 rings (SSSR count). The van der Waals surface area contributed by atoms with Gasteiger partial charge in [0.2, 0.25) is 0 Å². The molecule has 0 saturated heterocycles. The molecule has 1 heterocycles. The SMILES string of the molecule is Fc1ccc(CNCc2sc3ccccc3c2Cl)c(F)c1. The van der Waals surface area contributed by atoms with Crippen LogP contribution in [0, 0.1) is 11.6 Å². The number of thiophene rings is 1. The molecule has 2 aromatic carbocycles. The molecular formula is C16H12ClF2NS. The zero-order chi connectivity index (χ0) is 14.8. The second-order valence-corrected chi connectivity index (χ2v) is 6.19. The molecule has 0 bridgehead atoms. The molecule has 0 amide bonds. The summed E-state index contributed by atoms with van der Waals surface area (Å²) in [6, 6.07) is 11.5. The van der Waals surface area contributed by atoms with E-state index in [0.717, 1.165) is 26.1 Å². The number of halogens is 3. The van der Waals surface area contributed by atoms with Gasteiger partial charge in [-0.15, -0.1) is 11.3 Å². The fourth-order valence-electron chi connectivity index (χ4n) is 2.15. The molecule has 1 aromatic heterocycles. The van der Waals surface area contributed by atoms with Crippen LogP contribution in [0.4, 0.5) is 8.78 Å². The van der Waals surface area contributed by atoms with Gasteiger partial charge in [-0.3, -0.25) is 0 Å². The molecular weight excluding hydrogens is 312 g/mol. The van der Waals surface area contributed by atoms with Crippen LogP contribution in [-0.4, -0.2) is 0 Å². The fraction of sp³-hybridized carbons (Fsp3) is 0.125. The summed E-state index contributed by atoms with van der Waals surface area (Å²) in [6.07, 6.45) is 0. The average molecular weight is 324 g/mol. The summed E-state index contributed by atoms with van der Waals surface area (Å²) < 4.78 is 27.5. The highest BCUT2D eigenvalue weighted by atomic mass is 35.5. The summed E-state index contributed by atoms with van der Waals surface area (Å²) in [6.45, 7) is 0.881. The molecule has 0 aliphatic carbocycles. The minimum absolute atomic E-state index is 0.330. The second kappa shape index (κ2) is 6.10. The van der Waals surface area contributed by atoms with Crippen molar-refractivity contribution in [2.45, 2.75) is 13.1 Å². The first kappa shape index (κ1) is 14.4. The van der Waals surface area contributed by atoms with Crippen LogP contribution < -0.4 is 5.32 Å². The minimum atomic E-state index is -0.566. The predicted molar refractivity (Wildman–Crippen MR) is 83.7 cm³/mol. The quantitative estimate of drug-likeness (QED) is 0.702. The number of fused-ring (bicyclic) bond motifs is 1. The second-order valence-electron chi connectivity index (χ2n) is 4.67. The van der Waals surface area contributed by atoms with Crippen molar-refractivity contribution in [3.05, 3.63) is 69.6 Å². The standard InChI is InChI=1S/C16H12ClF2NS/c17-16-12-3-1-2-4-14(12)21-15(16)9-20-8-10-5-6-11(18)7-13(10)19/h1-7,20H,8-9H2. The molecule has 1 nitrogen and oxygen atoms in total. The number of benzene rings is 2. The van der Waals surface area contributed by atoms with Gasteiger partial charge >= 0.3 is 0 Å². The monoisotopic (exact) mass is 323 g/mol. The van der Waals surface area contributed by atoms with Crippen LogP contribution in [0.1, 0.15) is 10.4 Å². The summed E-state index contributed by atoms with van der Waals surface area (Å²) in [5.41, 5.74) is 0.439. The molecule has 0 fully saturated rings. The van der Waals surface area contributed by atoms with Crippen molar-refractivity contribution in [2.75, 3.05) is 0 Å². The first-order valence-electron chi connectivity index (χ1n) is 6.45. The van der Waals surface area contributed by atoms with E-state index in [1.807, 2.05) is 24.3 Å². The molecule has 1 N–H and O–H groups in total. The highest BCUT2D eigenvalue weighted by Crippen LogP contribution is 2.34. The Hall–Kier alpha value is -1.49. The van der Waals surface area contributed by atoms with E-state index in [-0.39, 0.29) is 0 Å². The van der Waals surface area contributed by atoms with E-state index >= 15 is 0 Å². The van der Waals surface area contributed by atoms with Gasteiger partial charge in [0.25, 0.3) is 0 Å². The Kier molecular flexibility index (Phi) is 4.19. The molecule has 3 aromatic rings. The number of nitrogens with one attached hydrogen (secondary N) is 1. The van der Waals surface area contributed by atoms with E-state index in [4.69, 9.17) is 11.6 Å². The van der Waals surface area contributed by atoms with Gasteiger partial charge in [0.05, 0.1) is 5.02 Å². The Balaban J connectivity index is 1.70. The van der Waals surface area contributed by atoms with E-state index < -0.39 is 11.6 Å². The van der Waals surface area contributed by atoms with Gasteiger partial charge in [0.15, 0.2) is 0 Å². The maximum Gasteiger partial charge on any atom is 0.130 e. The first-order valence-corrected chi connectivity index (χ1v) is 7.65. The Morgan fingerprint density at radius 3 is 2.62 bits per heavy atom. The van der Waals surface area contributed by atoms with Gasteiger partial charge in [-0.25, -0.2) is 8.78 Å². The van der Waals surface area contributed by atoms with E-state index in [1.54, 1.807) is 11.3 Å². The molecule has 0 spiro atoms. The smallest absolute Gasteiger partial charge is 0.130 e. The van der Waals surface area contributed by atoms with Crippen molar-refractivity contribution >= 4 is 33.0 Å². The Bertz CT molecular complexity index is 785. The van der Waals surface area contributed by atoms with E-state index in [1.165, 1.54) is 12.1 Å². The first-order chi connectivity index (χ1) is 10.1. The Labute approximate surface area is 130 Å². The average Bonchev–Trinajstić information content (AvgIpc) is 2.79. The van der Waals surface area contributed by atoms with Gasteiger partial charge in [-0.1, -0.05) is 35.9 Å². The topological polar surface area (TPSA) is 12.0 Å². The molecule has 108 valence electrons. The molecule has 5 heteroatoms. The van der Waals surface area contributed by atoms with Crippen molar-refractivity contribution in [1.29, 1.82) is 0 Å². The summed E-state index contributed by atoms with van der Waals surface area (Å²) in [4.78, 5) is 1.01. The summed E-state index contributed by atoms with van der Waals surface area (Å²) in [7, 11) is 0. The van der Waals surface area contributed by atoms with Gasteiger partial charge in [-0.05, 0) is 12.1 Å². The van der Waals surface area contributed by atoms with Crippen molar-refractivity contribution in [3.63, 3.8) is 0 Å². The van der Waals surface area contributed by atoms with Gasteiger partial charge in [0.1, 0.15) is 11.6 Å². The molecule has 0 atom stereocenters. The summed E-state index contributed by atoms with van der Waals surface area (Å²) in [5.74, 6) is -1.10. The third-order valence-electron chi connectivity index (χ3n) is 3.22. The lowest BCUT2D eigenvalue weighted by Crippen LogP contribution is -2.13. The lowest BCUT2D eigenvalue weighted by Gasteiger charge is -2.05. The van der Waals surface area contributed by atoms with Crippen LogP contribution in [0.15, 0.2) is 42.5 Å². The molecule has 0 unspecified atom stereocenters. The van der Waals surface area contributed by atoms with E-state index in [2.05, 4.69) is 5.32 Å². The van der Waals surface area contributed by atoms with Crippen LogP contribution >= 0.6 is 22.9 Å². The van der Waals surface area contributed by atoms with Crippen LogP contribution in [0.5, 0.6) is 0 Å². The van der Waals surface area contributed by atoms with Crippen LogP contribution in [-0.2, 0) is 13.1 Å². The van der Waals surface area contributed by atoms with Crippen LogP contribution in [0.2, 0.25) is 5.02 Å². The number of hydrogen-bond acceptors (Lipinski definition) is 2. The molecule has 21 heavy (non-hydrogen) atoms. The summed E-state index contributed by atoms with van der Waals surface area (Å²) in [5, 5.41) is 4.92. The van der Waals surface area contributed by atoms with Crippen LogP contribution in [0.25, 0.3) is 10.1 Å². The largest absolute Gasteiger partial charge is 0.308 e. The number of rotatable bonds is 4.